The van der Waals surface area contributed by atoms with Crippen molar-refractivity contribution in [2.45, 2.75) is 30.6 Å². The second kappa shape index (κ2) is 6.07. The second-order valence-corrected chi connectivity index (χ2v) is 7.03. The van der Waals surface area contributed by atoms with Gasteiger partial charge < -0.3 is 0 Å². The van der Waals surface area contributed by atoms with Gasteiger partial charge in [0.15, 0.2) is 4.90 Å². The van der Waals surface area contributed by atoms with Gasteiger partial charge in [0.05, 0.1) is 4.92 Å². The van der Waals surface area contributed by atoms with Crippen molar-refractivity contribution in [1.29, 1.82) is 0 Å². The maximum Gasteiger partial charge on any atom is 0.290 e. The molecular weight excluding hydrogens is 304 g/mol. The molecule has 0 amide bonds. The summed E-state index contributed by atoms with van der Waals surface area (Å²) in [5.74, 6) is 0. The van der Waals surface area contributed by atoms with Crippen LogP contribution in [0, 0.1) is 10.1 Å². The van der Waals surface area contributed by atoms with Crippen LogP contribution in [0.25, 0.3) is 0 Å². The molecule has 0 aromatic heterocycles. The van der Waals surface area contributed by atoms with Crippen LogP contribution in [-0.2, 0) is 10.0 Å². The van der Waals surface area contributed by atoms with E-state index in [9.17, 15) is 18.5 Å². The zero-order valence-electron chi connectivity index (χ0n) is 10.8. The molecule has 1 heterocycles. The Labute approximate surface area is 122 Å². The fraction of sp³-hybridized carbons (Fsp3) is 0.500. The highest BCUT2D eigenvalue weighted by Gasteiger charge is 2.31. The first-order valence-corrected chi connectivity index (χ1v) is 8.19. The van der Waals surface area contributed by atoms with E-state index in [1.807, 2.05) is 0 Å². The van der Waals surface area contributed by atoms with Gasteiger partial charge in [0.2, 0.25) is 10.0 Å². The normalized spacial score (nSPS) is 17.6. The molecule has 1 aliphatic rings. The van der Waals surface area contributed by atoms with E-state index in [0.717, 1.165) is 31.7 Å². The van der Waals surface area contributed by atoms with Crippen LogP contribution in [0.3, 0.4) is 0 Å². The minimum atomic E-state index is -3.84. The number of rotatable bonds is 3. The highest BCUT2D eigenvalue weighted by molar-refractivity contribution is 7.89. The zero-order valence-corrected chi connectivity index (χ0v) is 12.4. The number of nitro benzene ring substituents is 1. The third-order valence-electron chi connectivity index (χ3n) is 3.30. The molecule has 2 rings (SSSR count). The molecule has 8 heteroatoms. The van der Waals surface area contributed by atoms with Crippen molar-refractivity contribution < 1.29 is 13.3 Å². The van der Waals surface area contributed by atoms with Crippen molar-refractivity contribution >= 4 is 27.3 Å². The van der Waals surface area contributed by atoms with Gasteiger partial charge in [-0.1, -0.05) is 24.4 Å². The fourth-order valence-electron chi connectivity index (χ4n) is 2.27. The lowest BCUT2D eigenvalue weighted by molar-refractivity contribution is -0.387. The van der Waals surface area contributed by atoms with Gasteiger partial charge in [-0.2, -0.15) is 4.31 Å². The topological polar surface area (TPSA) is 80.5 Å². The molecule has 0 unspecified atom stereocenters. The van der Waals surface area contributed by atoms with Gasteiger partial charge in [-0.3, -0.25) is 10.1 Å². The predicted octanol–water partition coefficient (Wildman–Crippen LogP) is 2.81. The van der Waals surface area contributed by atoms with Crippen LogP contribution in [0.1, 0.15) is 25.7 Å². The summed E-state index contributed by atoms with van der Waals surface area (Å²) in [5, 5.41) is 11.2. The molecule has 0 N–H and O–H groups in total. The Balaban J connectivity index is 2.45. The average Bonchev–Trinajstić information content (AvgIpc) is 2.67. The lowest BCUT2D eigenvalue weighted by Gasteiger charge is -2.19. The SMILES string of the molecule is O=[N+]([O-])c1cc(Cl)ccc1S(=O)(=O)N1CCCCCC1. The van der Waals surface area contributed by atoms with Crippen molar-refractivity contribution in [1.82, 2.24) is 4.31 Å². The van der Waals surface area contributed by atoms with Gasteiger partial charge in [-0.05, 0) is 25.0 Å². The van der Waals surface area contributed by atoms with E-state index in [1.54, 1.807) is 0 Å². The Morgan fingerprint density at radius 1 is 1.15 bits per heavy atom. The quantitative estimate of drug-likeness (QED) is 0.634. The lowest BCUT2D eigenvalue weighted by atomic mass is 10.2. The van der Waals surface area contributed by atoms with Crippen molar-refractivity contribution in [3.63, 3.8) is 0 Å². The first-order valence-electron chi connectivity index (χ1n) is 6.37. The number of nitrogens with zero attached hydrogens (tertiary/aromatic N) is 2. The summed E-state index contributed by atoms with van der Waals surface area (Å²) >= 11 is 5.71. The van der Waals surface area contributed by atoms with Gasteiger partial charge in [0, 0.05) is 24.2 Å². The molecule has 1 saturated heterocycles. The first-order chi connectivity index (χ1) is 9.43. The van der Waals surface area contributed by atoms with Crippen LogP contribution in [0.15, 0.2) is 23.1 Å². The standard InChI is InChI=1S/C12H15ClN2O4S/c13-10-5-6-12(11(9-10)15(16)17)20(18,19)14-7-3-1-2-4-8-14/h5-6,9H,1-4,7-8H2. The molecule has 0 bridgehead atoms. The van der Waals surface area contributed by atoms with E-state index in [4.69, 9.17) is 11.6 Å². The molecule has 0 saturated carbocycles. The molecule has 6 nitrogen and oxygen atoms in total. The molecular formula is C12H15ClN2O4S. The van der Waals surface area contributed by atoms with E-state index in [0.29, 0.717) is 13.1 Å². The Kier molecular flexibility index (Phi) is 4.62. The number of nitro groups is 1. The van der Waals surface area contributed by atoms with Crippen LogP contribution >= 0.6 is 11.6 Å². The largest absolute Gasteiger partial charge is 0.290 e. The zero-order chi connectivity index (χ0) is 14.8. The average molecular weight is 319 g/mol. The van der Waals surface area contributed by atoms with Crippen LogP contribution in [-0.4, -0.2) is 30.7 Å². The van der Waals surface area contributed by atoms with Crippen molar-refractivity contribution in [3.05, 3.63) is 33.3 Å². The van der Waals surface area contributed by atoms with Crippen molar-refractivity contribution in [2.75, 3.05) is 13.1 Å². The summed E-state index contributed by atoms with van der Waals surface area (Å²) in [6.07, 6.45) is 3.52. The van der Waals surface area contributed by atoms with Gasteiger partial charge in [-0.25, -0.2) is 8.42 Å². The first kappa shape index (κ1) is 15.2. The highest BCUT2D eigenvalue weighted by Crippen LogP contribution is 2.30. The summed E-state index contributed by atoms with van der Waals surface area (Å²) in [6.45, 7) is 0.810. The van der Waals surface area contributed by atoms with Crippen molar-refractivity contribution in [2.24, 2.45) is 0 Å². The summed E-state index contributed by atoms with van der Waals surface area (Å²) in [4.78, 5) is 10.0. The predicted molar refractivity (Wildman–Crippen MR) is 75.3 cm³/mol. The third-order valence-corrected chi connectivity index (χ3v) is 5.48. The number of hydrogen-bond acceptors (Lipinski definition) is 4. The molecule has 20 heavy (non-hydrogen) atoms. The number of hydrogen-bond donors (Lipinski definition) is 0. The summed E-state index contributed by atoms with van der Waals surface area (Å²) in [7, 11) is -3.84. The van der Waals surface area contributed by atoms with Crippen LogP contribution in [0.2, 0.25) is 5.02 Å². The Morgan fingerprint density at radius 2 is 1.75 bits per heavy atom. The van der Waals surface area contributed by atoms with Crippen LogP contribution in [0.4, 0.5) is 5.69 Å². The molecule has 1 aliphatic heterocycles. The maximum atomic E-state index is 12.6. The summed E-state index contributed by atoms with van der Waals surface area (Å²) < 4.78 is 26.4. The van der Waals surface area contributed by atoms with E-state index in [1.165, 1.54) is 16.4 Å². The smallest absolute Gasteiger partial charge is 0.258 e. The highest BCUT2D eigenvalue weighted by atomic mass is 35.5. The monoisotopic (exact) mass is 318 g/mol. The minimum Gasteiger partial charge on any atom is -0.258 e. The molecule has 1 fully saturated rings. The fourth-order valence-corrected chi connectivity index (χ4v) is 4.09. The van der Waals surface area contributed by atoms with E-state index in [2.05, 4.69) is 0 Å². The number of benzene rings is 1. The maximum absolute atomic E-state index is 12.6. The van der Waals surface area contributed by atoms with E-state index >= 15 is 0 Å². The minimum absolute atomic E-state index is 0.145. The van der Waals surface area contributed by atoms with Crippen molar-refractivity contribution in [3.8, 4) is 0 Å². The number of sulfonamides is 1. The summed E-state index contributed by atoms with van der Waals surface area (Å²) in [5.41, 5.74) is -0.471. The molecule has 0 spiro atoms. The molecule has 1 aromatic rings. The van der Waals surface area contributed by atoms with E-state index < -0.39 is 20.6 Å². The van der Waals surface area contributed by atoms with Gasteiger partial charge in [-0.15, -0.1) is 0 Å². The molecule has 0 atom stereocenters. The van der Waals surface area contributed by atoms with Crippen LogP contribution in [0.5, 0.6) is 0 Å². The Bertz CT molecular complexity index is 610. The molecule has 1 aromatic carbocycles. The Hall–Kier alpha value is -1.18. The van der Waals surface area contributed by atoms with Gasteiger partial charge >= 0.3 is 0 Å². The lowest BCUT2D eigenvalue weighted by Crippen LogP contribution is -2.32. The molecule has 0 aliphatic carbocycles. The molecule has 110 valence electrons. The number of halogens is 1. The Morgan fingerprint density at radius 3 is 2.30 bits per heavy atom. The van der Waals surface area contributed by atoms with Gasteiger partial charge in [0.1, 0.15) is 0 Å². The summed E-state index contributed by atoms with van der Waals surface area (Å²) in [6, 6.07) is 3.65. The van der Waals surface area contributed by atoms with Gasteiger partial charge in [0.25, 0.3) is 5.69 Å². The van der Waals surface area contributed by atoms with E-state index in [-0.39, 0.29) is 9.92 Å². The van der Waals surface area contributed by atoms with Crippen LogP contribution < -0.4 is 0 Å². The third kappa shape index (κ3) is 3.11. The molecule has 0 radical (unpaired) electrons. The second-order valence-electron chi connectivity index (χ2n) is 4.69.